The Morgan fingerprint density at radius 3 is 2.71 bits per heavy atom. The average molecular weight is 99.1 g/mol. The first kappa shape index (κ1) is 6.14. The van der Waals surface area contributed by atoms with E-state index in [2.05, 4.69) is 15.5 Å². The second-order valence-corrected chi connectivity index (χ2v) is 0.875. The lowest BCUT2D eigenvalue weighted by Crippen LogP contribution is -1.91. The van der Waals surface area contributed by atoms with E-state index in [4.69, 9.17) is 0 Å². The van der Waals surface area contributed by atoms with Crippen LogP contribution < -0.4 is 5.43 Å². The van der Waals surface area contributed by atoms with Crippen LogP contribution in [-0.4, -0.2) is 19.6 Å². The van der Waals surface area contributed by atoms with Crippen LogP contribution in [0.5, 0.6) is 0 Å². The molecule has 0 fully saturated rings. The Bertz CT molecular complexity index is 75.0. The molecule has 0 rings (SSSR count). The van der Waals surface area contributed by atoms with Crippen molar-refractivity contribution in [2.75, 3.05) is 7.05 Å². The summed E-state index contributed by atoms with van der Waals surface area (Å²) >= 11 is 0. The van der Waals surface area contributed by atoms with Crippen molar-refractivity contribution in [1.82, 2.24) is 5.43 Å². The summed E-state index contributed by atoms with van der Waals surface area (Å²) in [6.45, 7) is 1.84. The normalized spacial score (nSPS) is 11.1. The molecule has 0 aliphatic carbocycles. The van der Waals surface area contributed by atoms with Gasteiger partial charge in [-0.25, -0.2) is 4.99 Å². The molecule has 0 aliphatic rings. The van der Waals surface area contributed by atoms with E-state index in [0.29, 0.717) is 0 Å². The third-order valence-corrected chi connectivity index (χ3v) is 0.403. The lowest BCUT2D eigenvalue weighted by atomic mass is 10.9. The van der Waals surface area contributed by atoms with Crippen LogP contribution in [0.25, 0.3) is 0 Å². The minimum Gasteiger partial charge on any atom is -0.312 e. The van der Waals surface area contributed by atoms with Gasteiger partial charge in [-0.15, -0.1) is 0 Å². The number of rotatable bonds is 2. The van der Waals surface area contributed by atoms with Crippen LogP contribution in [0.1, 0.15) is 6.92 Å². The van der Waals surface area contributed by atoms with E-state index in [0.717, 1.165) is 0 Å². The molecule has 0 aromatic carbocycles. The highest BCUT2D eigenvalue weighted by Gasteiger charge is 1.54. The van der Waals surface area contributed by atoms with E-state index in [1.165, 1.54) is 6.34 Å². The minimum absolute atomic E-state index is 1.44. The van der Waals surface area contributed by atoms with Gasteiger partial charge in [0, 0.05) is 13.3 Å². The minimum atomic E-state index is 1.44. The van der Waals surface area contributed by atoms with E-state index in [-0.39, 0.29) is 0 Å². The Morgan fingerprint density at radius 2 is 2.29 bits per heavy atom. The molecule has 0 heterocycles. The van der Waals surface area contributed by atoms with Crippen molar-refractivity contribution in [2.24, 2.45) is 10.1 Å². The summed E-state index contributed by atoms with van der Waals surface area (Å²) in [6, 6.07) is 0. The molecule has 0 unspecified atom stereocenters. The number of hydrogen-bond acceptors (Lipinski definition) is 2. The topological polar surface area (TPSA) is 36.8 Å². The first-order valence-corrected chi connectivity index (χ1v) is 2.08. The van der Waals surface area contributed by atoms with Gasteiger partial charge in [0.15, 0.2) is 0 Å². The first-order chi connectivity index (χ1) is 3.41. The summed E-state index contributed by atoms with van der Waals surface area (Å²) in [6.07, 6.45) is 3.11. The molecule has 40 valence electrons. The van der Waals surface area contributed by atoms with Crippen molar-refractivity contribution in [3.05, 3.63) is 0 Å². The largest absolute Gasteiger partial charge is 0.312 e. The predicted molar refractivity (Wildman–Crippen MR) is 31.7 cm³/mol. The van der Waals surface area contributed by atoms with Crippen molar-refractivity contribution in [3.8, 4) is 0 Å². The van der Waals surface area contributed by atoms with Crippen LogP contribution in [0.15, 0.2) is 10.1 Å². The SMILES string of the molecule is CC=N/C=N\NC. The highest BCUT2D eigenvalue weighted by molar-refractivity contribution is 5.70. The van der Waals surface area contributed by atoms with Gasteiger partial charge in [0.05, 0.1) is 0 Å². The number of hydrazone groups is 1. The third kappa shape index (κ3) is 5.14. The molecule has 3 nitrogen and oxygen atoms in total. The molecular weight excluding hydrogens is 90.1 g/mol. The van der Waals surface area contributed by atoms with Gasteiger partial charge in [0.25, 0.3) is 0 Å². The molecule has 0 aromatic heterocycles. The van der Waals surface area contributed by atoms with Crippen LogP contribution in [-0.2, 0) is 0 Å². The summed E-state index contributed by atoms with van der Waals surface area (Å²) < 4.78 is 0. The van der Waals surface area contributed by atoms with Crippen molar-refractivity contribution in [2.45, 2.75) is 6.92 Å². The Labute approximate surface area is 43.1 Å². The standard InChI is InChI=1S/C4H9N3/c1-3-6-4-7-5-2/h3-5H,1-2H3/b6-3?,7-4-. The average Bonchev–Trinajstić information content (AvgIpc) is 1.69. The Kier molecular flexibility index (Phi) is 4.51. The molecule has 0 saturated heterocycles. The van der Waals surface area contributed by atoms with Gasteiger partial charge < -0.3 is 5.43 Å². The molecule has 0 spiro atoms. The molecule has 1 N–H and O–H groups in total. The van der Waals surface area contributed by atoms with Gasteiger partial charge in [-0.05, 0) is 6.92 Å². The number of nitrogens with zero attached hydrogens (tertiary/aromatic N) is 2. The smallest absolute Gasteiger partial charge is 0.134 e. The Hall–Kier alpha value is -0.860. The molecule has 0 radical (unpaired) electrons. The van der Waals surface area contributed by atoms with Crippen molar-refractivity contribution in [1.29, 1.82) is 0 Å². The summed E-state index contributed by atoms with van der Waals surface area (Å²) in [5.74, 6) is 0. The lowest BCUT2D eigenvalue weighted by molar-refractivity contribution is 0.905. The maximum absolute atomic E-state index is 3.68. The molecule has 7 heavy (non-hydrogen) atoms. The maximum Gasteiger partial charge on any atom is 0.134 e. The molecular formula is C4H9N3. The highest BCUT2D eigenvalue weighted by Crippen LogP contribution is 1.53. The van der Waals surface area contributed by atoms with E-state index in [9.17, 15) is 0 Å². The van der Waals surface area contributed by atoms with E-state index in [1.807, 2.05) is 6.92 Å². The molecule has 3 heteroatoms. The Morgan fingerprint density at radius 1 is 1.57 bits per heavy atom. The lowest BCUT2D eigenvalue weighted by Gasteiger charge is -1.77. The molecule has 0 aromatic rings. The molecule has 0 saturated carbocycles. The fraction of sp³-hybridized carbons (Fsp3) is 0.500. The van der Waals surface area contributed by atoms with Gasteiger partial charge in [-0.1, -0.05) is 0 Å². The predicted octanol–water partition coefficient (Wildman–Crippen LogP) is 0.240. The number of hydrogen-bond donors (Lipinski definition) is 1. The fourth-order valence-corrected chi connectivity index (χ4v) is 0.158. The highest BCUT2D eigenvalue weighted by atomic mass is 15.3. The van der Waals surface area contributed by atoms with E-state index >= 15 is 0 Å². The van der Waals surface area contributed by atoms with Gasteiger partial charge in [-0.2, -0.15) is 5.10 Å². The van der Waals surface area contributed by atoms with Crippen LogP contribution in [0.2, 0.25) is 0 Å². The molecule has 0 atom stereocenters. The van der Waals surface area contributed by atoms with Crippen LogP contribution in [0.4, 0.5) is 0 Å². The van der Waals surface area contributed by atoms with Gasteiger partial charge in [0.2, 0.25) is 0 Å². The second kappa shape index (κ2) is 5.14. The van der Waals surface area contributed by atoms with E-state index < -0.39 is 0 Å². The Balaban J connectivity index is 3.09. The van der Waals surface area contributed by atoms with Crippen LogP contribution in [0.3, 0.4) is 0 Å². The van der Waals surface area contributed by atoms with E-state index in [1.54, 1.807) is 13.3 Å². The maximum atomic E-state index is 3.68. The number of nitrogens with one attached hydrogen (secondary N) is 1. The summed E-state index contributed by atoms with van der Waals surface area (Å²) in [5.41, 5.74) is 2.56. The molecule has 0 aliphatic heterocycles. The monoisotopic (exact) mass is 99.1 g/mol. The number of aliphatic imine (C=N–C) groups is 1. The van der Waals surface area contributed by atoms with Crippen LogP contribution >= 0.6 is 0 Å². The van der Waals surface area contributed by atoms with Crippen molar-refractivity contribution >= 4 is 12.6 Å². The zero-order valence-corrected chi connectivity index (χ0v) is 4.55. The molecule has 0 amide bonds. The zero-order valence-electron chi connectivity index (χ0n) is 4.55. The first-order valence-electron chi connectivity index (χ1n) is 2.08. The zero-order chi connectivity index (χ0) is 5.54. The molecule has 0 bridgehead atoms. The van der Waals surface area contributed by atoms with Crippen molar-refractivity contribution in [3.63, 3.8) is 0 Å². The third-order valence-electron chi connectivity index (χ3n) is 0.403. The van der Waals surface area contributed by atoms with Gasteiger partial charge in [-0.3, -0.25) is 0 Å². The second-order valence-electron chi connectivity index (χ2n) is 0.875. The van der Waals surface area contributed by atoms with Crippen LogP contribution in [0, 0.1) is 0 Å². The summed E-state index contributed by atoms with van der Waals surface area (Å²) in [7, 11) is 1.72. The quantitative estimate of drug-likeness (QED) is 0.300. The van der Waals surface area contributed by atoms with Crippen molar-refractivity contribution < 1.29 is 0 Å². The van der Waals surface area contributed by atoms with Gasteiger partial charge in [0.1, 0.15) is 6.34 Å². The summed E-state index contributed by atoms with van der Waals surface area (Å²) in [5, 5.41) is 3.59. The summed E-state index contributed by atoms with van der Waals surface area (Å²) in [4.78, 5) is 3.68. The van der Waals surface area contributed by atoms with Gasteiger partial charge >= 0.3 is 0 Å². The fourth-order valence-electron chi connectivity index (χ4n) is 0.158.